The number of nitrogens with zero attached hydrogens (tertiary/aromatic N) is 1. The predicted octanol–water partition coefficient (Wildman–Crippen LogP) is 2.16. The fourth-order valence-electron chi connectivity index (χ4n) is 3.08. The second-order valence-electron chi connectivity index (χ2n) is 8.16. The van der Waals surface area contributed by atoms with E-state index >= 15 is 0 Å². The summed E-state index contributed by atoms with van der Waals surface area (Å²) < 4.78 is 5.21. The van der Waals surface area contributed by atoms with Crippen LogP contribution in [-0.2, 0) is 25.5 Å². The van der Waals surface area contributed by atoms with Gasteiger partial charge in [0.1, 0.15) is 0 Å². The molecular formula is C21H29N3O5. The molecule has 0 aliphatic carbocycles. The van der Waals surface area contributed by atoms with Crippen molar-refractivity contribution < 1.29 is 23.9 Å². The summed E-state index contributed by atoms with van der Waals surface area (Å²) in [6.45, 7) is 8.92. The van der Waals surface area contributed by atoms with Crippen LogP contribution in [0.3, 0.4) is 0 Å². The molecule has 1 aliphatic heterocycles. The van der Waals surface area contributed by atoms with Crippen LogP contribution in [-0.4, -0.2) is 42.0 Å². The molecule has 0 bridgehead atoms. The molecule has 2 atom stereocenters. The van der Waals surface area contributed by atoms with Gasteiger partial charge >= 0.3 is 12.0 Å². The fraction of sp³-hybridized carbons (Fsp3) is 0.524. The van der Waals surface area contributed by atoms with Gasteiger partial charge in [-0.05, 0) is 45.7 Å². The maximum Gasteiger partial charge on any atom is 0.321 e. The van der Waals surface area contributed by atoms with E-state index < -0.39 is 35.5 Å². The van der Waals surface area contributed by atoms with Crippen LogP contribution < -0.4 is 15.5 Å². The first-order valence-corrected chi connectivity index (χ1v) is 9.73. The van der Waals surface area contributed by atoms with Gasteiger partial charge in [0.2, 0.25) is 5.91 Å². The minimum Gasteiger partial charge on any atom is -0.452 e. The summed E-state index contributed by atoms with van der Waals surface area (Å²) in [6.07, 6.45) is -0.362. The summed E-state index contributed by atoms with van der Waals surface area (Å²) in [7, 11) is 0. The lowest BCUT2D eigenvalue weighted by atomic mass is 10.1. The summed E-state index contributed by atoms with van der Waals surface area (Å²) >= 11 is 0. The van der Waals surface area contributed by atoms with Crippen molar-refractivity contribution in [1.29, 1.82) is 0 Å². The Morgan fingerprint density at radius 2 is 1.90 bits per heavy atom. The Kier molecular flexibility index (Phi) is 7.00. The number of amides is 4. The summed E-state index contributed by atoms with van der Waals surface area (Å²) in [5.74, 6) is -2.17. The van der Waals surface area contributed by atoms with Crippen molar-refractivity contribution in [1.82, 2.24) is 10.6 Å². The maximum atomic E-state index is 12.5. The Morgan fingerprint density at radius 3 is 2.52 bits per heavy atom. The molecular weight excluding hydrogens is 374 g/mol. The van der Waals surface area contributed by atoms with Crippen LogP contribution in [0.2, 0.25) is 0 Å². The van der Waals surface area contributed by atoms with Gasteiger partial charge in [-0.15, -0.1) is 0 Å². The molecule has 0 aromatic heterocycles. The van der Waals surface area contributed by atoms with Gasteiger partial charge in [-0.25, -0.2) is 4.79 Å². The number of rotatable bonds is 5. The highest BCUT2D eigenvalue weighted by atomic mass is 16.5. The summed E-state index contributed by atoms with van der Waals surface area (Å²) in [5.41, 5.74) is 1.31. The SMILES string of the molecule is CCc1ccccc1N1C[C@H](C(=O)O[C@H](C)C(=O)NC(=O)NC(C)(C)C)CC1=O. The number of benzene rings is 1. The van der Waals surface area contributed by atoms with E-state index in [1.54, 1.807) is 25.7 Å². The molecule has 158 valence electrons. The van der Waals surface area contributed by atoms with Crippen molar-refractivity contribution in [3.63, 3.8) is 0 Å². The van der Waals surface area contributed by atoms with E-state index in [0.717, 1.165) is 17.7 Å². The summed E-state index contributed by atoms with van der Waals surface area (Å²) in [4.78, 5) is 50.4. The highest BCUT2D eigenvalue weighted by Crippen LogP contribution is 2.29. The second-order valence-corrected chi connectivity index (χ2v) is 8.16. The molecule has 8 nitrogen and oxygen atoms in total. The lowest BCUT2D eigenvalue weighted by Crippen LogP contribution is -2.50. The van der Waals surface area contributed by atoms with Crippen molar-refractivity contribution in [2.24, 2.45) is 5.92 Å². The minimum atomic E-state index is -1.15. The van der Waals surface area contributed by atoms with Crippen molar-refractivity contribution in [2.45, 2.75) is 59.1 Å². The molecule has 0 spiro atoms. The Balaban J connectivity index is 1.95. The van der Waals surface area contributed by atoms with Gasteiger partial charge < -0.3 is 15.0 Å². The van der Waals surface area contributed by atoms with Gasteiger partial charge in [0.15, 0.2) is 6.10 Å². The monoisotopic (exact) mass is 403 g/mol. The normalized spacial score (nSPS) is 17.6. The average molecular weight is 403 g/mol. The Hall–Kier alpha value is -2.90. The first-order valence-electron chi connectivity index (χ1n) is 9.73. The van der Waals surface area contributed by atoms with Crippen LogP contribution in [0.1, 0.15) is 46.6 Å². The molecule has 1 saturated heterocycles. The van der Waals surface area contributed by atoms with E-state index in [-0.39, 0.29) is 18.9 Å². The first-order chi connectivity index (χ1) is 13.5. The van der Waals surface area contributed by atoms with Crippen LogP contribution in [0.4, 0.5) is 10.5 Å². The molecule has 0 radical (unpaired) electrons. The number of hydrogen-bond donors (Lipinski definition) is 2. The first kappa shape index (κ1) is 22.4. The zero-order valence-corrected chi connectivity index (χ0v) is 17.6. The third-order valence-electron chi connectivity index (χ3n) is 4.51. The van der Waals surface area contributed by atoms with Crippen LogP contribution in [0.25, 0.3) is 0 Å². The number of para-hydroxylation sites is 1. The number of hydrogen-bond acceptors (Lipinski definition) is 5. The third-order valence-corrected chi connectivity index (χ3v) is 4.51. The molecule has 2 N–H and O–H groups in total. The number of aryl methyl sites for hydroxylation is 1. The zero-order chi connectivity index (χ0) is 21.8. The Bertz CT molecular complexity index is 800. The smallest absolute Gasteiger partial charge is 0.321 e. The largest absolute Gasteiger partial charge is 0.452 e. The van der Waals surface area contributed by atoms with Crippen LogP contribution >= 0.6 is 0 Å². The van der Waals surface area contributed by atoms with E-state index in [1.807, 2.05) is 31.2 Å². The molecule has 4 amide bonds. The van der Waals surface area contributed by atoms with Crippen molar-refractivity contribution in [3.8, 4) is 0 Å². The molecule has 8 heteroatoms. The molecule has 2 rings (SSSR count). The second kappa shape index (κ2) is 9.07. The van der Waals surface area contributed by atoms with Gasteiger partial charge in [-0.1, -0.05) is 25.1 Å². The molecule has 0 saturated carbocycles. The van der Waals surface area contributed by atoms with Gasteiger partial charge in [-0.3, -0.25) is 19.7 Å². The van der Waals surface area contributed by atoms with E-state index in [1.165, 1.54) is 6.92 Å². The van der Waals surface area contributed by atoms with E-state index in [9.17, 15) is 19.2 Å². The van der Waals surface area contributed by atoms with Gasteiger partial charge in [0.05, 0.1) is 5.92 Å². The van der Waals surface area contributed by atoms with Crippen LogP contribution in [0, 0.1) is 5.92 Å². The van der Waals surface area contributed by atoms with Gasteiger partial charge in [0.25, 0.3) is 5.91 Å². The lowest BCUT2D eigenvalue weighted by Gasteiger charge is -2.22. The average Bonchev–Trinajstić information content (AvgIpc) is 3.01. The topological polar surface area (TPSA) is 105 Å². The molecule has 1 aliphatic rings. The molecule has 29 heavy (non-hydrogen) atoms. The number of carbonyl (C=O) groups excluding carboxylic acids is 4. The maximum absolute atomic E-state index is 12.5. The van der Waals surface area contributed by atoms with Crippen molar-refractivity contribution >= 4 is 29.5 Å². The molecule has 1 aromatic carbocycles. The standard InChI is InChI=1S/C21H29N3O5/c1-6-14-9-7-8-10-16(14)24-12-15(11-17(24)25)19(27)29-13(2)18(26)22-20(28)23-21(3,4)5/h7-10,13,15H,6,11-12H2,1-5H3,(H2,22,23,26,28)/t13-,15-/m1/s1. The Morgan fingerprint density at radius 1 is 1.24 bits per heavy atom. The number of nitrogens with one attached hydrogen (secondary N) is 2. The summed E-state index contributed by atoms with van der Waals surface area (Å²) in [6, 6.07) is 6.90. The number of esters is 1. The van der Waals surface area contributed by atoms with E-state index in [4.69, 9.17) is 4.74 Å². The number of urea groups is 1. The number of imide groups is 1. The number of ether oxygens (including phenoxy) is 1. The number of carbonyl (C=O) groups is 4. The molecule has 1 aromatic rings. The van der Waals surface area contributed by atoms with E-state index in [2.05, 4.69) is 10.6 Å². The molecule has 0 unspecified atom stereocenters. The quantitative estimate of drug-likeness (QED) is 0.733. The number of anilines is 1. The van der Waals surface area contributed by atoms with Crippen molar-refractivity contribution in [3.05, 3.63) is 29.8 Å². The highest BCUT2D eigenvalue weighted by molar-refractivity contribution is 6.01. The van der Waals surface area contributed by atoms with Gasteiger partial charge in [-0.2, -0.15) is 0 Å². The highest BCUT2D eigenvalue weighted by Gasteiger charge is 2.38. The van der Waals surface area contributed by atoms with Crippen molar-refractivity contribution in [2.75, 3.05) is 11.4 Å². The molecule has 1 heterocycles. The summed E-state index contributed by atoms with van der Waals surface area (Å²) in [5, 5.41) is 4.74. The molecule has 1 fully saturated rings. The van der Waals surface area contributed by atoms with Crippen LogP contribution in [0.15, 0.2) is 24.3 Å². The third kappa shape index (κ3) is 6.04. The van der Waals surface area contributed by atoms with Gasteiger partial charge in [0, 0.05) is 24.2 Å². The minimum absolute atomic E-state index is 0.0235. The van der Waals surface area contributed by atoms with E-state index in [0.29, 0.717) is 0 Å². The lowest BCUT2D eigenvalue weighted by molar-refractivity contribution is -0.158. The predicted molar refractivity (Wildman–Crippen MR) is 108 cm³/mol. The Labute approximate surface area is 171 Å². The van der Waals surface area contributed by atoms with Crippen LogP contribution in [0.5, 0.6) is 0 Å². The zero-order valence-electron chi connectivity index (χ0n) is 17.6. The fourth-order valence-corrected chi connectivity index (χ4v) is 3.08.